The summed E-state index contributed by atoms with van der Waals surface area (Å²) in [6.07, 6.45) is -2.96. The lowest BCUT2D eigenvalue weighted by molar-refractivity contribution is -0.143. The van der Waals surface area contributed by atoms with Crippen LogP contribution in [0, 0.1) is 5.41 Å². The van der Waals surface area contributed by atoms with Gasteiger partial charge in [0.05, 0.1) is 13.0 Å². The molecular weight excluding hydrogens is 911 g/mol. The number of amides is 8. The highest BCUT2D eigenvalue weighted by atomic mass is 32.1. The number of nitrogens with two attached hydrogens (primary N) is 1. The molecule has 0 aliphatic heterocycles. The monoisotopic (exact) mass is 969 g/mol. The zero-order valence-corrected chi connectivity index (χ0v) is 38.0. The first kappa shape index (κ1) is 58.0. The van der Waals surface area contributed by atoms with Gasteiger partial charge in [-0.15, -0.1) is 0 Å². The van der Waals surface area contributed by atoms with E-state index in [4.69, 9.17) is 15.9 Å². The van der Waals surface area contributed by atoms with Crippen molar-refractivity contribution in [1.82, 2.24) is 42.5 Å². The van der Waals surface area contributed by atoms with E-state index in [2.05, 4.69) is 39.2 Å². The third-order valence-corrected chi connectivity index (χ3v) is 9.85. The maximum absolute atomic E-state index is 13.8. The third kappa shape index (κ3) is 22.6. The highest BCUT2D eigenvalue weighted by molar-refractivity contribution is 7.80. The fourth-order valence-electron chi connectivity index (χ4n) is 6.29. The fraction of sp³-hybridized carbons (Fsp3) is 0.550. The zero-order valence-electron chi connectivity index (χ0n) is 37.1. The van der Waals surface area contributed by atoms with Crippen LogP contribution < -0.4 is 48.3 Å². The van der Waals surface area contributed by atoms with E-state index in [1.807, 2.05) is 16.0 Å². The Labute approximate surface area is 389 Å². The van der Waals surface area contributed by atoms with E-state index in [0.717, 1.165) is 0 Å². The van der Waals surface area contributed by atoms with Crippen molar-refractivity contribution >= 4 is 83.9 Å². The molecule has 6 unspecified atom stereocenters. The molecule has 1 aromatic carbocycles. The Balaban J connectivity index is 2.93. The van der Waals surface area contributed by atoms with Crippen molar-refractivity contribution in [2.75, 3.05) is 18.8 Å². The number of aliphatic carboxylic acids is 5. The minimum Gasteiger partial charge on any atom is -0.481 e. The van der Waals surface area contributed by atoms with Crippen molar-refractivity contribution in [3.63, 3.8) is 0 Å². The molecule has 372 valence electrons. The first-order valence-electron chi connectivity index (χ1n) is 20.4. The van der Waals surface area contributed by atoms with E-state index in [1.54, 1.807) is 44.2 Å². The quantitative estimate of drug-likeness (QED) is 0.0339. The number of urea groups is 1. The molecule has 26 nitrogen and oxygen atoms in total. The van der Waals surface area contributed by atoms with Crippen LogP contribution in [0.15, 0.2) is 30.3 Å². The molecule has 0 saturated carbocycles. The van der Waals surface area contributed by atoms with Gasteiger partial charge in [-0.05, 0) is 38.7 Å². The maximum Gasteiger partial charge on any atom is 0.327 e. The molecule has 0 fully saturated rings. The molecular formula is C40H59N9O17S. The van der Waals surface area contributed by atoms with Crippen LogP contribution in [-0.4, -0.2) is 157 Å². The predicted molar refractivity (Wildman–Crippen MR) is 235 cm³/mol. The summed E-state index contributed by atoms with van der Waals surface area (Å²) in [5.74, 6) is -12.9. The van der Waals surface area contributed by atoms with Crippen LogP contribution in [0.5, 0.6) is 0 Å². The summed E-state index contributed by atoms with van der Waals surface area (Å²) < 4.78 is 0. The van der Waals surface area contributed by atoms with Gasteiger partial charge in [-0.2, -0.15) is 12.6 Å². The Hall–Kier alpha value is -7.03. The molecule has 0 saturated heterocycles. The Bertz CT molecular complexity index is 1990. The summed E-state index contributed by atoms with van der Waals surface area (Å²) in [6, 6.07) is -2.02. The minimum absolute atomic E-state index is 0.0380. The average Bonchev–Trinajstić information content (AvgIpc) is 3.22. The van der Waals surface area contributed by atoms with Crippen LogP contribution in [0.3, 0.4) is 0 Å². The number of carbonyl (C=O) groups is 12. The lowest BCUT2D eigenvalue weighted by Crippen LogP contribution is -2.57. The highest BCUT2D eigenvalue weighted by Gasteiger charge is 2.38. The molecule has 67 heavy (non-hydrogen) atoms. The van der Waals surface area contributed by atoms with E-state index in [1.165, 1.54) is 13.8 Å². The third-order valence-electron chi connectivity index (χ3n) is 9.48. The summed E-state index contributed by atoms with van der Waals surface area (Å²) in [4.78, 5) is 147. The molecule has 8 amide bonds. The molecule has 27 heteroatoms. The van der Waals surface area contributed by atoms with E-state index in [-0.39, 0.29) is 18.6 Å². The van der Waals surface area contributed by atoms with Gasteiger partial charge in [0.25, 0.3) is 0 Å². The smallest absolute Gasteiger partial charge is 0.327 e. The van der Waals surface area contributed by atoms with E-state index in [0.29, 0.717) is 5.56 Å². The number of carbonyl (C=O) groups excluding carboxylic acids is 7. The lowest BCUT2D eigenvalue weighted by Gasteiger charge is -2.35. The van der Waals surface area contributed by atoms with Crippen molar-refractivity contribution < 1.29 is 83.1 Å². The second-order valence-electron chi connectivity index (χ2n) is 16.4. The first-order valence-corrected chi connectivity index (χ1v) is 21.1. The van der Waals surface area contributed by atoms with Crippen molar-refractivity contribution in [2.45, 2.75) is 114 Å². The lowest BCUT2D eigenvalue weighted by atomic mass is 9.79. The molecule has 1 rings (SSSR count). The number of thiol groups is 1. The first-order chi connectivity index (χ1) is 31.1. The van der Waals surface area contributed by atoms with Gasteiger partial charge in [-0.1, -0.05) is 44.2 Å². The molecule has 0 aliphatic carbocycles. The van der Waals surface area contributed by atoms with Crippen LogP contribution in [0.1, 0.15) is 71.8 Å². The molecule has 15 N–H and O–H groups in total. The van der Waals surface area contributed by atoms with Crippen molar-refractivity contribution in [1.29, 1.82) is 0 Å². The van der Waals surface area contributed by atoms with Gasteiger partial charge >= 0.3 is 35.9 Å². The average molecular weight is 970 g/mol. The van der Waals surface area contributed by atoms with Crippen LogP contribution >= 0.6 is 12.6 Å². The number of rotatable bonds is 30. The summed E-state index contributed by atoms with van der Waals surface area (Å²) >= 11 is 3.81. The summed E-state index contributed by atoms with van der Waals surface area (Å²) in [6.45, 7) is 5.02. The Morgan fingerprint density at radius 1 is 0.612 bits per heavy atom. The van der Waals surface area contributed by atoms with Crippen LogP contribution in [-0.2, 0) is 59.2 Å². The van der Waals surface area contributed by atoms with Crippen molar-refractivity contribution in [2.24, 2.45) is 11.1 Å². The van der Waals surface area contributed by atoms with E-state index < -0.39 is 164 Å². The number of nitrogens with one attached hydrogen (secondary N) is 8. The summed E-state index contributed by atoms with van der Waals surface area (Å²) in [5.41, 5.74) is 4.03. The highest BCUT2D eigenvalue weighted by Crippen LogP contribution is 2.29. The SMILES string of the molecule is CC(C)(CC(C)(C)C(=O)NC(Cc1ccccc1)C(=O)NCC(=O)NCC(N)C(=O)NC(CC(=O)O)C(=O)NC(CS)C(=O)O)NC(=O)CCC(NC(=O)NC(CCC(=O)O)C(=O)O)C(=O)O. The van der Waals surface area contributed by atoms with Gasteiger partial charge in [0.2, 0.25) is 35.4 Å². The molecule has 0 radical (unpaired) electrons. The van der Waals surface area contributed by atoms with Gasteiger partial charge < -0.3 is 73.8 Å². The van der Waals surface area contributed by atoms with Crippen molar-refractivity contribution in [3.05, 3.63) is 35.9 Å². The Morgan fingerprint density at radius 2 is 1.15 bits per heavy atom. The molecule has 1 aromatic rings. The maximum atomic E-state index is 13.8. The van der Waals surface area contributed by atoms with Crippen LogP contribution in [0.2, 0.25) is 0 Å². The molecule has 0 spiro atoms. The largest absolute Gasteiger partial charge is 0.481 e. The Morgan fingerprint density at radius 3 is 1.66 bits per heavy atom. The van der Waals surface area contributed by atoms with Gasteiger partial charge in [-0.3, -0.25) is 38.4 Å². The number of carboxylic acid groups (broad SMARTS) is 5. The topological polar surface area (TPSA) is 428 Å². The summed E-state index contributed by atoms with van der Waals surface area (Å²) in [5, 5.41) is 64.3. The number of hydrogen-bond acceptors (Lipinski definition) is 14. The number of carboxylic acids is 5. The normalized spacial score (nSPS) is 13.9. The predicted octanol–water partition coefficient (Wildman–Crippen LogP) is -3.11. The van der Waals surface area contributed by atoms with Gasteiger partial charge in [0.1, 0.15) is 36.3 Å². The summed E-state index contributed by atoms with van der Waals surface area (Å²) in [7, 11) is 0. The Kier molecular flexibility index (Phi) is 23.8. The van der Waals surface area contributed by atoms with Crippen molar-refractivity contribution in [3.8, 4) is 0 Å². The second-order valence-corrected chi connectivity index (χ2v) is 16.8. The number of hydrogen-bond donors (Lipinski definition) is 15. The van der Waals surface area contributed by atoms with Gasteiger partial charge in [-0.25, -0.2) is 19.2 Å². The molecule has 0 bridgehead atoms. The van der Waals surface area contributed by atoms with Crippen LogP contribution in [0.4, 0.5) is 4.79 Å². The number of benzene rings is 1. The van der Waals surface area contributed by atoms with E-state index >= 15 is 0 Å². The van der Waals surface area contributed by atoms with Crippen LogP contribution in [0.25, 0.3) is 0 Å². The second kappa shape index (κ2) is 27.4. The zero-order chi connectivity index (χ0) is 51.2. The molecule has 0 aromatic heterocycles. The molecule has 6 atom stereocenters. The van der Waals surface area contributed by atoms with E-state index in [9.17, 15) is 72.9 Å². The molecule has 0 aliphatic rings. The standard InChI is InChI=1S/C40H59N9O17S/c1-39(2,19-40(3,4)49-27(50)12-10-22(34(59)60)47-38(66)48-23(35(61)62)11-13-29(52)53)37(65)46-24(14-20-8-6-5-7-9-20)32(57)43-17-28(51)42-16-21(41)31(56)44-25(15-30(54)55)33(58)45-26(18-67)36(63)64/h5-9,21-26,67H,10-19,41H2,1-4H3,(H,42,51)(H,43,57)(H,44,56)(H,45,58)(H,46,65)(H,49,50)(H,52,53)(H,54,55)(H,59,60)(H,61,62)(H,63,64)(H2,47,48,66). The fourth-order valence-corrected chi connectivity index (χ4v) is 6.54. The van der Waals surface area contributed by atoms with Gasteiger partial charge in [0.15, 0.2) is 0 Å². The minimum atomic E-state index is -1.74. The molecule has 0 heterocycles. The van der Waals surface area contributed by atoms with Gasteiger partial charge in [0, 0.05) is 42.5 Å².